The van der Waals surface area contributed by atoms with E-state index in [4.69, 9.17) is 4.74 Å². The first-order valence-electron chi connectivity index (χ1n) is 8.67. The van der Waals surface area contributed by atoms with Crippen molar-refractivity contribution in [3.63, 3.8) is 0 Å². The van der Waals surface area contributed by atoms with Crippen molar-refractivity contribution >= 4 is 54.9 Å². The average molecular weight is 523 g/mol. The topological polar surface area (TPSA) is 82.8 Å². The highest BCUT2D eigenvalue weighted by Crippen LogP contribution is 2.22. The molecule has 150 valence electrons. The van der Waals surface area contributed by atoms with Gasteiger partial charge in [0.15, 0.2) is 6.61 Å². The Morgan fingerprint density at radius 2 is 1.93 bits per heavy atom. The normalized spacial score (nSPS) is 11.2. The first-order valence-corrected chi connectivity index (χ1v) is 10.3. The molecule has 0 unspecified atom stereocenters. The van der Waals surface area contributed by atoms with Crippen LogP contribution in [0.2, 0.25) is 0 Å². The molecule has 0 aliphatic carbocycles. The van der Waals surface area contributed by atoms with E-state index in [0.29, 0.717) is 34.5 Å². The summed E-state index contributed by atoms with van der Waals surface area (Å²) < 4.78 is 13.0. The molecule has 7 nitrogen and oxygen atoms in total. The number of rotatable bonds is 6. The van der Waals surface area contributed by atoms with Crippen molar-refractivity contribution in [2.45, 2.75) is 13.3 Å². The molecular weight excluding hydrogens is 506 g/mol. The quantitative estimate of drug-likeness (QED) is 0.362. The smallest absolute Gasteiger partial charge is 0.343 e. The summed E-state index contributed by atoms with van der Waals surface area (Å²) in [6.07, 6.45) is 2.03. The SMILES string of the molecule is CCc1nc2ccc(Br)cc2c(=O)n1N=Cc1cc(Br)ccc1OCC(=O)OC. The summed E-state index contributed by atoms with van der Waals surface area (Å²) >= 11 is 6.79. The largest absolute Gasteiger partial charge is 0.481 e. The van der Waals surface area contributed by atoms with Gasteiger partial charge in [0, 0.05) is 20.9 Å². The molecule has 0 bridgehead atoms. The van der Waals surface area contributed by atoms with Crippen LogP contribution in [0.5, 0.6) is 5.75 Å². The number of aryl methyl sites for hydroxylation is 1. The maximum absolute atomic E-state index is 13.0. The molecule has 2 aromatic carbocycles. The second kappa shape index (κ2) is 9.32. The van der Waals surface area contributed by atoms with Gasteiger partial charge in [-0.05, 0) is 36.4 Å². The maximum Gasteiger partial charge on any atom is 0.343 e. The molecule has 0 radical (unpaired) electrons. The Labute approximate surface area is 183 Å². The van der Waals surface area contributed by atoms with Gasteiger partial charge in [0.2, 0.25) is 0 Å². The molecule has 0 spiro atoms. The van der Waals surface area contributed by atoms with E-state index in [1.807, 2.05) is 13.0 Å². The summed E-state index contributed by atoms with van der Waals surface area (Å²) in [6.45, 7) is 1.67. The molecule has 0 amide bonds. The summed E-state index contributed by atoms with van der Waals surface area (Å²) in [4.78, 5) is 28.9. The Morgan fingerprint density at radius 1 is 1.21 bits per heavy atom. The van der Waals surface area contributed by atoms with Gasteiger partial charge in [-0.25, -0.2) is 9.78 Å². The van der Waals surface area contributed by atoms with Gasteiger partial charge in [0.05, 0.1) is 24.2 Å². The number of carbonyl (C=O) groups excluding carboxylic acids is 1. The van der Waals surface area contributed by atoms with E-state index in [9.17, 15) is 9.59 Å². The number of aromatic nitrogens is 2. The zero-order valence-electron chi connectivity index (χ0n) is 15.7. The fourth-order valence-corrected chi connectivity index (χ4v) is 3.35. The van der Waals surface area contributed by atoms with Gasteiger partial charge >= 0.3 is 5.97 Å². The van der Waals surface area contributed by atoms with Crippen molar-refractivity contribution in [2.75, 3.05) is 13.7 Å². The standard InChI is InChI=1S/C20H17Br2N3O4/c1-3-18-24-16-6-4-14(22)9-15(16)20(27)25(18)23-10-12-8-13(21)5-7-17(12)29-11-19(26)28-2/h4-10H,3,11H2,1-2H3. The van der Waals surface area contributed by atoms with Crippen LogP contribution in [0.1, 0.15) is 18.3 Å². The van der Waals surface area contributed by atoms with Crippen LogP contribution in [-0.4, -0.2) is 35.6 Å². The van der Waals surface area contributed by atoms with Gasteiger partial charge in [-0.1, -0.05) is 38.8 Å². The molecule has 0 aliphatic heterocycles. The number of nitrogens with zero attached hydrogens (tertiary/aromatic N) is 3. The molecule has 0 fully saturated rings. The number of halogens is 2. The lowest BCUT2D eigenvalue weighted by atomic mass is 10.2. The van der Waals surface area contributed by atoms with Crippen molar-refractivity contribution in [2.24, 2.45) is 5.10 Å². The molecule has 3 aromatic rings. The Bertz CT molecular complexity index is 1160. The Hall–Kier alpha value is -2.52. The van der Waals surface area contributed by atoms with E-state index in [2.05, 4.69) is 46.7 Å². The first-order chi connectivity index (χ1) is 13.9. The van der Waals surface area contributed by atoms with Gasteiger partial charge in [-0.2, -0.15) is 9.78 Å². The molecule has 29 heavy (non-hydrogen) atoms. The fourth-order valence-electron chi connectivity index (χ4n) is 2.61. The highest BCUT2D eigenvalue weighted by Gasteiger charge is 2.11. The third-order valence-corrected chi connectivity index (χ3v) is 5.04. The number of carbonyl (C=O) groups is 1. The number of benzene rings is 2. The van der Waals surface area contributed by atoms with Crippen LogP contribution in [0.15, 0.2) is 55.2 Å². The van der Waals surface area contributed by atoms with E-state index in [1.165, 1.54) is 18.0 Å². The van der Waals surface area contributed by atoms with Gasteiger partial charge in [0.1, 0.15) is 11.6 Å². The molecule has 1 aromatic heterocycles. The van der Waals surface area contributed by atoms with Crippen molar-refractivity contribution in [3.8, 4) is 5.75 Å². The number of fused-ring (bicyclic) bond motifs is 1. The van der Waals surface area contributed by atoms with Crippen molar-refractivity contribution in [1.29, 1.82) is 0 Å². The predicted octanol–water partition coefficient (Wildman–Crippen LogP) is 3.92. The number of methoxy groups -OCH3 is 1. The van der Waals surface area contributed by atoms with Crippen LogP contribution in [0.3, 0.4) is 0 Å². The summed E-state index contributed by atoms with van der Waals surface area (Å²) in [5.74, 6) is 0.475. The minimum atomic E-state index is -0.496. The lowest BCUT2D eigenvalue weighted by Crippen LogP contribution is -2.22. The summed E-state index contributed by atoms with van der Waals surface area (Å²) in [7, 11) is 1.29. The van der Waals surface area contributed by atoms with Gasteiger partial charge in [0.25, 0.3) is 5.56 Å². The van der Waals surface area contributed by atoms with Crippen LogP contribution in [-0.2, 0) is 16.0 Å². The van der Waals surface area contributed by atoms with Crippen LogP contribution in [0.25, 0.3) is 10.9 Å². The van der Waals surface area contributed by atoms with Gasteiger partial charge in [-0.15, -0.1) is 0 Å². The Balaban J connectivity index is 2.04. The monoisotopic (exact) mass is 521 g/mol. The van der Waals surface area contributed by atoms with Crippen molar-refractivity contribution in [1.82, 2.24) is 9.66 Å². The number of hydrogen-bond acceptors (Lipinski definition) is 6. The number of ether oxygens (including phenoxy) is 2. The summed E-state index contributed by atoms with van der Waals surface area (Å²) in [5, 5.41) is 4.82. The predicted molar refractivity (Wildman–Crippen MR) is 118 cm³/mol. The van der Waals surface area contributed by atoms with Gasteiger partial charge in [-0.3, -0.25) is 4.79 Å². The molecule has 0 saturated heterocycles. The second-order valence-electron chi connectivity index (χ2n) is 5.95. The minimum absolute atomic E-state index is 0.231. The molecule has 0 N–H and O–H groups in total. The molecule has 1 heterocycles. The fraction of sp³-hybridized carbons (Fsp3) is 0.200. The Kier molecular flexibility index (Phi) is 6.81. The maximum atomic E-state index is 13.0. The van der Waals surface area contributed by atoms with E-state index in [-0.39, 0.29) is 12.2 Å². The molecule has 9 heteroatoms. The molecule has 0 aliphatic rings. The lowest BCUT2D eigenvalue weighted by molar-refractivity contribution is -0.142. The zero-order chi connectivity index (χ0) is 21.0. The minimum Gasteiger partial charge on any atom is -0.481 e. The third-order valence-electron chi connectivity index (χ3n) is 4.05. The van der Waals surface area contributed by atoms with Gasteiger partial charge < -0.3 is 9.47 Å². The summed E-state index contributed by atoms with van der Waals surface area (Å²) in [5.41, 5.74) is 0.939. The van der Waals surface area contributed by atoms with Crippen LogP contribution >= 0.6 is 31.9 Å². The number of hydrogen-bond donors (Lipinski definition) is 0. The van der Waals surface area contributed by atoms with E-state index < -0.39 is 5.97 Å². The van der Waals surface area contributed by atoms with Crippen LogP contribution < -0.4 is 10.3 Å². The molecule has 0 saturated carbocycles. The van der Waals surface area contributed by atoms with Crippen molar-refractivity contribution in [3.05, 3.63) is 67.1 Å². The highest BCUT2D eigenvalue weighted by atomic mass is 79.9. The van der Waals surface area contributed by atoms with Crippen LogP contribution in [0, 0.1) is 0 Å². The lowest BCUT2D eigenvalue weighted by Gasteiger charge is -2.10. The van der Waals surface area contributed by atoms with Crippen LogP contribution in [0.4, 0.5) is 0 Å². The zero-order valence-corrected chi connectivity index (χ0v) is 18.9. The number of esters is 1. The molecular formula is C20H17Br2N3O4. The third kappa shape index (κ3) is 4.91. The summed E-state index contributed by atoms with van der Waals surface area (Å²) in [6, 6.07) is 10.6. The highest BCUT2D eigenvalue weighted by molar-refractivity contribution is 9.10. The van der Waals surface area contributed by atoms with Crippen molar-refractivity contribution < 1.29 is 14.3 Å². The first kappa shape index (κ1) is 21.2. The molecule has 0 atom stereocenters. The second-order valence-corrected chi connectivity index (χ2v) is 7.78. The van der Waals surface area contributed by atoms with E-state index in [1.54, 1.807) is 30.3 Å². The average Bonchev–Trinajstić information content (AvgIpc) is 2.72. The Morgan fingerprint density at radius 3 is 2.66 bits per heavy atom. The molecule has 3 rings (SSSR count). The van der Waals surface area contributed by atoms with E-state index in [0.717, 1.165) is 8.95 Å². The van der Waals surface area contributed by atoms with E-state index >= 15 is 0 Å².